The number of halogens is 1. The van der Waals surface area contributed by atoms with Gasteiger partial charge in [-0.25, -0.2) is 22.7 Å². The molecule has 1 atom stereocenters. The second kappa shape index (κ2) is 8.61. The monoisotopic (exact) mass is 392 g/mol. The number of carbonyl (C=O) groups excluding carboxylic acids is 2. The van der Waals surface area contributed by atoms with Crippen LogP contribution in [0, 0.1) is 5.92 Å². The van der Waals surface area contributed by atoms with Gasteiger partial charge >= 0.3 is 11.9 Å². The van der Waals surface area contributed by atoms with Gasteiger partial charge in [0.2, 0.25) is 10.0 Å². The van der Waals surface area contributed by atoms with Crippen LogP contribution in [-0.4, -0.2) is 47.2 Å². The van der Waals surface area contributed by atoms with Crippen molar-refractivity contribution in [2.75, 3.05) is 20.8 Å². The third-order valence-corrected chi connectivity index (χ3v) is 5.30. The van der Waals surface area contributed by atoms with E-state index >= 15 is 0 Å². The fraction of sp³-hybridized carbons (Fsp3) is 0.467. The number of nitrogens with one attached hydrogen (secondary N) is 1. The van der Waals surface area contributed by atoms with E-state index in [1.54, 1.807) is 0 Å². The van der Waals surface area contributed by atoms with E-state index in [4.69, 9.17) is 5.73 Å². The van der Waals surface area contributed by atoms with Crippen LogP contribution in [-0.2, 0) is 19.5 Å². The quantitative estimate of drug-likeness (QED) is 0.654. The molecule has 2 rings (SSSR count). The second-order valence-corrected chi connectivity index (χ2v) is 7.28. The summed E-state index contributed by atoms with van der Waals surface area (Å²) in [5.41, 5.74) is 5.74. The first-order valence-electron chi connectivity index (χ1n) is 7.36. The van der Waals surface area contributed by atoms with Crippen molar-refractivity contribution in [3.05, 3.63) is 29.3 Å². The van der Waals surface area contributed by atoms with E-state index < -0.39 is 22.0 Å². The smallest absolute Gasteiger partial charge is 0.339 e. The lowest BCUT2D eigenvalue weighted by molar-refractivity contribution is 0.0583. The Bertz CT molecular complexity index is 748. The molecule has 0 heterocycles. The van der Waals surface area contributed by atoms with Crippen molar-refractivity contribution in [3.8, 4) is 0 Å². The molecule has 0 saturated heterocycles. The number of sulfonamides is 1. The number of benzene rings is 1. The number of carbonyl (C=O) groups is 2. The minimum atomic E-state index is -4.05. The molecule has 25 heavy (non-hydrogen) atoms. The van der Waals surface area contributed by atoms with Crippen LogP contribution in [0.5, 0.6) is 0 Å². The number of methoxy groups -OCH3 is 2. The van der Waals surface area contributed by atoms with Crippen molar-refractivity contribution in [1.29, 1.82) is 0 Å². The Kier molecular flexibility index (Phi) is 7.36. The highest BCUT2D eigenvalue weighted by Crippen LogP contribution is 2.31. The Labute approximate surface area is 152 Å². The summed E-state index contributed by atoms with van der Waals surface area (Å²) in [5.74, 6) is -1.22. The van der Waals surface area contributed by atoms with Crippen molar-refractivity contribution in [1.82, 2.24) is 4.72 Å². The minimum Gasteiger partial charge on any atom is -0.465 e. The van der Waals surface area contributed by atoms with Crippen molar-refractivity contribution in [3.63, 3.8) is 0 Å². The lowest BCUT2D eigenvalue weighted by Gasteiger charge is -2.14. The summed E-state index contributed by atoms with van der Waals surface area (Å²) in [4.78, 5) is 23.1. The van der Waals surface area contributed by atoms with E-state index in [2.05, 4.69) is 14.2 Å². The van der Waals surface area contributed by atoms with Crippen LogP contribution in [0.2, 0.25) is 0 Å². The molecule has 1 fully saturated rings. The van der Waals surface area contributed by atoms with E-state index in [1.807, 2.05) is 0 Å². The third-order valence-electron chi connectivity index (χ3n) is 3.83. The second-order valence-electron chi connectivity index (χ2n) is 5.55. The lowest BCUT2D eigenvalue weighted by Crippen LogP contribution is -2.39. The zero-order valence-corrected chi connectivity index (χ0v) is 15.5. The maximum atomic E-state index is 12.6. The standard InChI is InChI=1S/C15H20N2O6S.ClH/c1-22-14(18)10-5-6-11(15(19)23-2)13(7-10)24(20,21)17-8-12(16)9-3-4-9;/h5-7,9,12,17H,3-4,8,16H2,1-2H3;1H. The molecular weight excluding hydrogens is 372 g/mol. The van der Waals surface area contributed by atoms with Gasteiger partial charge in [-0.15, -0.1) is 12.4 Å². The van der Waals surface area contributed by atoms with Crippen molar-refractivity contribution < 1.29 is 27.5 Å². The first-order chi connectivity index (χ1) is 11.3. The summed E-state index contributed by atoms with van der Waals surface area (Å²) in [7, 11) is -1.73. The van der Waals surface area contributed by atoms with Crippen molar-refractivity contribution >= 4 is 34.4 Å². The topological polar surface area (TPSA) is 125 Å². The van der Waals surface area contributed by atoms with E-state index in [1.165, 1.54) is 19.2 Å². The van der Waals surface area contributed by atoms with Gasteiger partial charge in [0.1, 0.15) is 0 Å². The predicted octanol–water partition coefficient (Wildman–Crippen LogP) is 0.697. The molecule has 10 heteroatoms. The van der Waals surface area contributed by atoms with Crippen LogP contribution in [0.4, 0.5) is 0 Å². The Hall–Kier alpha value is -1.68. The molecule has 0 bridgehead atoms. The van der Waals surface area contributed by atoms with E-state index in [0.29, 0.717) is 5.92 Å². The van der Waals surface area contributed by atoms with E-state index in [-0.39, 0.29) is 41.0 Å². The summed E-state index contributed by atoms with van der Waals surface area (Å²) in [6.07, 6.45) is 1.96. The molecule has 3 N–H and O–H groups in total. The number of rotatable bonds is 7. The zero-order chi connectivity index (χ0) is 17.9. The van der Waals surface area contributed by atoms with Gasteiger partial charge in [0.15, 0.2) is 0 Å². The number of hydrogen-bond acceptors (Lipinski definition) is 7. The summed E-state index contributed by atoms with van der Waals surface area (Å²) in [6.45, 7) is 0.0517. The Balaban J connectivity index is 0.00000312. The van der Waals surface area contributed by atoms with Crippen LogP contribution in [0.3, 0.4) is 0 Å². The van der Waals surface area contributed by atoms with Crippen LogP contribution in [0.25, 0.3) is 0 Å². The fourth-order valence-corrected chi connectivity index (χ4v) is 3.53. The van der Waals surface area contributed by atoms with Crippen LogP contribution in [0.1, 0.15) is 33.6 Å². The van der Waals surface area contributed by atoms with E-state index in [0.717, 1.165) is 26.0 Å². The molecule has 0 aliphatic heterocycles. The summed E-state index contributed by atoms with van der Waals surface area (Å²) in [6, 6.07) is 3.31. The minimum absolute atomic E-state index is 0. The number of ether oxygens (including phenoxy) is 2. The van der Waals surface area contributed by atoms with Gasteiger partial charge in [-0.05, 0) is 37.0 Å². The lowest BCUT2D eigenvalue weighted by atomic mass is 10.1. The molecule has 0 radical (unpaired) electrons. The van der Waals surface area contributed by atoms with Gasteiger partial charge in [-0.3, -0.25) is 0 Å². The van der Waals surface area contributed by atoms with Gasteiger partial charge in [0.25, 0.3) is 0 Å². The first-order valence-corrected chi connectivity index (χ1v) is 8.84. The Morgan fingerprint density at radius 3 is 2.36 bits per heavy atom. The number of nitrogens with two attached hydrogens (primary N) is 1. The number of hydrogen-bond donors (Lipinski definition) is 2. The normalized spacial score (nSPS) is 15.0. The predicted molar refractivity (Wildman–Crippen MR) is 92.3 cm³/mol. The van der Waals surface area contributed by atoms with Crippen LogP contribution in [0.15, 0.2) is 23.1 Å². The van der Waals surface area contributed by atoms with Gasteiger partial charge in [0.05, 0.1) is 30.2 Å². The Morgan fingerprint density at radius 2 is 1.84 bits per heavy atom. The highest BCUT2D eigenvalue weighted by molar-refractivity contribution is 7.89. The maximum absolute atomic E-state index is 12.6. The zero-order valence-electron chi connectivity index (χ0n) is 13.9. The Morgan fingerprint density at radius 1 is 1.24 bits per heavy atom. The van der Waals surface area contributed by atoms with Gasteiger partial charge < -0.3 is 15.2 Å². The van der Waals surface area contributed by atoms with Crippen LogP contribution >= 0.6 is 12.4 Å². The van der Waals surface area contributed by atoms with Gasteiger partial charge in [-0.2, -0.15) is 0 Å². The molecule has 0 aromatic heterocycles. The molecule has 140 valence electrons. The van der Waals surface area contributed by atoms with Crippen molar-refractivity contribution in [2.45, 2.75) is 23.8 Å². The highest BCUT2D eigenvalue weighted by atomic mass is 35.5. The highest BCUT2D eigenvalue weighted by Gasteiger charge is 2.31. The maximum Gasteiger partial charge on any atom is 0.339 e. The van der Waals surface area contributed by atoms with Crippen LogP contribution < -0.4 is 10.5 Å². The molecule has 1 aliphatic rings. The molecule has 1 saturated carbocycles. The average Bonchev–Trinajstić information content (AvgIpc) is 3.42. The largest absolute Gasteiger partial charge is 0.465 e. The first kappa shape index (κ1) is 21.4. The van der Waals surface area contributed by atoms with Crippen molar-refractivity contribution in [2.24, 2.45) is 11.7 Å². The summed E-state index contributed by atoms with van der Waals surface area (Å²) >= 11 is 0. The molecule has 1 aromatic rings. The molecule has 8 nitrogen and oxygen atoms in total. The molecular formula is C15H21ClN2O6S. The fourth-order valence-electron chi connectivity index (χ4n) is 2.24. The molecule has 1 aromatic carbocycles. The van der Waals surface area contributed by atoms with Gasteiger partial charge in [0, 0.05) is 12.6 Å². The number of esters is 2. The average molecular weight is 393 g/mol. The third kappa shape index (κ3) is 5.15. The molecule has 1 aliphatic carbocycles. The summed E-state index contributed by atoms with van der Waals surface area (Å²) in [5, 5.41) is 0. The molecule has 1 unspecified atom stereocenters. The van der Waals surface area contributed by atoms with Gasteiger partial charge in [-0.1, -0.05) is 0 Å². The molecule has 0 amide bonds. The summed E-state index contributed by atoms with van der Waals surface area (Å²) < 4.78 is 36.7. The molecule has 0 spiro atoms. The van der Waals surface area contributed by atoms with E-state index in [9.17, 15) is 18.0 Å². The SMILES string of the molecule is COC(=O)c1ccc(C(=O)OC)c(S(=O)(=O)NCC(N)C2CC2)c1.Cl.